The second kappa shape index (κ2) is 10.3. The van der Waals surface area contributed by atoms with Gasteiger partial charge in [-0.25, -0.2) is 9.59 Å². The smallest absolute Gasteiger partial charge is 0.407 e. The largest absolute Gasteiger partial charge is 0.480 e. The number of carbonyl (C=O) groups excluding carboxylic acids is 2. The minimum absolute atomic E-state index is 0.0132. The zero-order valence-corrected chi connectivity index (χ0v) is 19.1. The maximum atomic E-state index is 12.8. The van der Waals surface area contributed by atoms with Crippen molar-refractivity contribution < 1.29 is 29.3 Å². The maximum absolute atomic E-state index is 12.8. The summed E-state index contributed by atoms with van der Waals surface area (Å²) in [5, 5.41) is 21.9. The maximum Gasteiger partial charge on any atom is 0.407 e. The van der Waals surface area contributed by atoms with Gasteiger partial charge < -0.3 is 25.2 Å². The lowest BCUT2D eigenvalue weighted by Gasteiger charge is -2.25. The molecule has 1 saturated heterocycles. The predicted molar refractivity (Wildman–Crippen MR) is 125 cm³/mol. The molecule has 0 unspecified atom stereocenters. The van der Waals surface area contributed by atoms with E-state index < -0.39 is 36.2 Å². The number of aliphatic hydroxyl groups is 1. The number of carboxylic acid groups (broad SMARTS) is 1. The highest BCUT2D eigenvalue weighted by molar-refractivity contribution is 5.85. The van der Waals surface area contributed by atoms with Gasteiger partial charge in [0, 0.05) is 31.3 Å². The monoisotopic (exact) mass is 466 g/mol. The van der Waals surface area contributed by atoms with Gasteiger partial charge in [-0.3, -0.25) is 4.79 Å². The molecule has 1 aliphatic carbocycles. The number of alkyl carbamates (subject to hydrolysis) is 1. The Labute approximate surface area is 198 Å². The Bertz CT molecular complexity index is 1030. The number of ether oxygens (including phenoxy) is 1. The Kier molecular flexibility index (Phi) is 7.17. The molecule has 1 heterocycles. The van der Waals surface area contributed by atoms with E-state index in [1.807, 2.05) is 43.3 Å². The number of rotatable bonds is 8. The quantitative estimate of drug-likeness (QED) is 0.551. The molecule has 34 heavy (non-hydrogen) atoms. The van der Waals surface area contributed by atoms with E-state index >= 15 is 0 Å². The zero-order valence-electron chi connectivity index (χ0n) is 19.1. The number of carboxylic acids is 1. The lowest BCUT2D eigenvalue weighted by Crippen LogP contribution is -2.45. The fourth-order valence-corrected chi connectivity index (χ4v) is 5.03. The molecule has 2 amide bonds. The number of nitrogens with one attached hydrogen (secondary N) is 1. The number of benzene rings is 2. The summed E-state index contributed by atoms with van der Waals surface area (Å²) in [7, 11) is 0. The van der Waals surface area contributed by atoms with Gasteiger partial charge in [-0.2, -0.15) is 0 Å². The number of aliphatic hydroxyl groups excluding tert-OH is 1. The third-order valence-electron chi connectivity index (χ3n) is 6.61. The van der Waals surface area contributed by atoms with Crippen LogP contribution in [0.5, 0.6) is 0 Å². The Morgan fingerprint density at radius 2 is 1.71 bits per heavy atom. The van der Waals surface area contributed by atoms with E-state index in [-0.39, 0.29) is 31.9 Å². The number of likely N-dealkylation sites (tertiary alicyclic amines) is 1. The summed E-state index contributed by atoms with van der Waals surface area (Å²) < 4.78 is 5.59. The summed E-state index contributed by atoms with van der Waals surface area (Å²) in [6, 6.07) is 14.6. The number of β-amino-alcohol motifs (C(OH)–C–C–N with tert-alkyl or cyclic N) is 1. The Morgan fingerprint density at radius 1 is 1.09 bits per heavy atom. The van der Waals surface area contributed by atoms with Gasteiger partial charge in [-0.05, 0) is 28.7 Å². The van der Waals surface area contributed by atoms with E-state index in [1.54, 1.807) is 0 Å². The molecule has 8 nitrogen and oxygen atoms in total. The van der Waals surface area contributed by atoms with Crippen LogP contribution in [-0.4, -0.2) is 64.4 Å². The average Bonchev–Trinajstić information content (AvgIpc) is 3.36. The van der Waals surface area contributed by atoms with Crippen molar-refractivity contribution in [1.29, 1.82) is 0 Å². The number of amides is 2. The van der Waals surface area contributed by atoms with Crippen LogP contribution in [0.2, 0.25) is 0 Å². The van der Waals surface area contributed by atoms with Gasteiger partial charge in [0.25, 0.3) is 0 Å². The molecule has 0 saturated carbocycles. The van der Waals surface area contributed by atoms with E-state index in [9.17, 15) is 24.6 Å². The Hall–Kier alpha value is -3.39. The van der Waals surface area contributed by atoms with Crippen molar-refractivity contribution in [2.45, 2.75) is 56.7 Å². The third-order valence-corrected chi connectivity index (χ3v) is 6.61. The van der Waals surface area contributed by atoms with Crippen LogP contribution in [-0.2, 0) is 14.3 Å². The lowest BCUT2D eigenvalue weighted by molar-refractivity contribution is -0.148. The van der Waals surface area contributed by atoms with Crippen molar-refractivity contribution >= 4 is 18.0 Å². The highest BCUT2D eigenvalue weighted by atomic mass is 16.5. The number of fused-ring (bicyclic) bond motifs is 3. The molecule has 0 radical (unpaired) electrons. The van der Waals surface area contributed by atoms with Gasteiger partial charge in [0.1, 0.15) is 12.6 Å². The first-order valence-corrected chi connectivity index (χ1v) is 11.7. The number of hydrogen-bond donors (Lipinski definition) is 3. The molecule has 2 aliphatic rings. The van der Waals surface area contributed by atoms with Crippen LogP contribution < -0.4 is 5.32 Å². The number of carbonyl (C=O) groups is 3. The molecule has 180 valence electrons. The normalized spacial score (nSPS) is 19.9. The van der Waals surface area contributed by atoms with Crippen LogP contribution in [0.4, 0.5) is 4.79 Å². The number of nitrogens with zero attached hydrogens (tertiary/aromatic N) is 1. The van der Waals surface area contributed by atoms with Crippen molar-refractivity contribution in [3.8, 4) is 11.1 Å². The molecular formula is C26H30N2O6. The van der Waals surface area contributed by atoms with Crippen LogP contribution >= 0.6 is 0 Å². The van der Waals surface area contributed by atoms with Gasteiger partial charge in [0.2, 0.25) is 5.91 Å². The molecule has 3 atom stereocenters. The summed E-state index contributed by atoms with van der Waals surface area (Å²) in [6.07, 6.45) is -0.223. The van der Waals surface area contributed by atoms with Gasteiger partial charge in [-0.1, -0.05) is 61.9 Å². The van der Waals surface area contributed by atoms with Crippen molar-refractivity contribution in [3.63, 3.8) is 0 Å². The molecular weight excluding hydrogens is 436 g/mol. The molecule has 0 spiro atoms. The standard InChI is InChI=1S/C26H30N2O6/c1-2-7-16(12-24(30)28-14-17(29)13-23(28)25(31)32)27-26(33)34-15-22-20-10-5-3-8-18(20)19-9-4-6-11-21(19)22/h3-6,8-11,16-17,22-23,29H,2,7,12-15H2,1H3,(H,27,33)(H,31,32)/t16-,17+,23+/m0/s1. The van der Waals surface area contributed by atoms with E-state index in [4.69, 9.17) is 4.74 Å². The SMILES string of the molecule is CCC[C@@H](CC(=O)N1C[C@H](O)C[C@@H]1C(=O)O)NC(=O)OCC1c2ccccc2-c2ccccc21. The van der Waals surface area contributed by atoms with Crippen molar-refractivity contribution in [2.24, 2.45) is 0 Å². The molecule has 0 aromatic heterocycles. The summed E-state index contributed by atoms with van der Waals surface area (Å²) >= 11 is 0. The molecule has 4 rings (SSSR count). The second-order valence-electron chi connectivity index (χ2n) is 8.95. The molecule has 8 heteroatoms. The summed E-state index contributed by atoms with van der Waals surface area (Å²) in [6.45, 7) is 2.10. The van der Waals surface area contributed by atoms with Crippen molar-refractivity contribution in [3.05, 3.63) is 59.7 Å². The van der Waals surface area contributed by atoms with Crippen LogP contribution in [0.15, 0.2) is 48.5 Å². The van der Waals surface area contributed by atoms with Crippen LogP contribution in [0.3, 0.4) is 0 Å². The molecule has 0 bridgehead atoms. The van der Waals surface area contributed by atoms with Crippen LogP contribution in [0.25, 0.3) is 11.1 Å². The highest BCUT2D eigenvalue weighted by Gasteiger charge is 2.39. The molecule has 1 aliphatic heterocycles. The Balaban J connectivity index is 1.37. The fourth-order valence-electron chi connectivity index (χ4n) is 5.03. The molecule has 2 aromatic carbocycles. The third kappa shape index (κ3) is 4.92. The van der Waals surface area contributed by atoms with Crippen molar-refractivity contribution in [1.82, 2.24) is 10.2 Å². The van der Waals surface area contributed by atoms with E-state index in [2.05, 4.69) is 17.4 Å². The van der Waals surface area contributed by atoms with E-state index in [0.717, 1.165) is 28.7 Å². The minimum Gasteiger partial charge on any atom is -0.480 e. The number of aliphatic carboxylic acids is 1. The average molecular weight is 467 g/mol. The summed E-state index contributed by atoms with van der Waals surface area (Å²) in [5.41, 5.74) is 4.51. The van der Waals surface area contributed by atoms with E-state index in [0.29, 0.717) is 6.42 Å². The fraction of sp³-hybridized carbons (Fsp3) is 0.423. The van der Waals surface area contributed by atoms with Gasteiger partial charge in [0.05, 0.1) is 6.10 Å². The van der Waals surface area contributed by atoms with Crippen LogP contribution in [0.1, 0.15) is 49.7 Å². The first-order chi connectivity index (χ1) is 16.4. The van der Waals surface area contributed by atoms with Gasteiger partial charge >= 0.3 is 12.1 Å². The van der Waals surface area contributed by atoms with Gasteiger partial charge in [-0.15, -0.1) is 0 Å². The minimum atomic E-state index is -1.14. The first-order valence-electron chi connectivity index (χ1n) is 11.7. The topological polar surface area (TPSA) is 116 Å². The summed E-state index contributed by atoms with van der Waals surface area (Å²) in [5.74, 6) is -1.60. The molecule has 3 N–H and O–H groups in total. The highest BCUT2D eigenvalue weighted by Crippen LogP contribution is 2.44. The predicted octanol–water partition coefficient (Wildman–Crippen LogP) is 3.13. The summed E-state index contributed by atoms with van der Waals surface area (Å²) in [4.78, 5) is 38.0. The van der Waals surface area contributed by atoms with Gasteiger partial charge in [0.15, 0.2) is 0 Å². The lowest BCUT2D eigenvalue weighted by atomic mass is 9.98. The van der Waals surface area contributed by atoms with E-state index in [1.165, 1.54) is 4.90 Å². The zero-order chi connectivity index (χ0) is 24.2. The van der Waals surface area contributed by atoms with Crippen LogP contribution in [0, 0.1) is 0 Å². The second-order valence-corrected chi connectivity index (χ2v) is 8.95. The van der Waals surface area contributed by atoms with Crippen molar-refractivity contribution in [2.75, 3.05) is 13.2 Å². The first kappa shape index (κ1) is 23.8. The molecule has 2 aromatic rings. The molecule has 1 fully saturated rings. The number of hydrogen-bond acceptors (Lipinski definition) is 5. The Morgan fingerprint density at radius 3 is 2.29 bits per heavy atom.